The molecule has 1 unspecified atom stereocenters. The van der Waals surface area contributed by atoms with Crippen LogP contribution in [0.2, 0.25) is 0 Å². The first kappa shape index (κ1) is 13.1. The minimum absolute atomic E-state index is 0.113. The van der Waals surface area contributed by atoms with Crippen LogP contribution >= 0.6 is 31.9 Å². The van der Waals surface area contributed by atoms with E-state index in [1.807, 2.05) is 0 Å². The SMILES string of the molecule is CC(O)(Cc1ccc(Br)cc1)C(F)(F)Br. The number of hydrogen-bond acceptors (Lipinski definition) is 1. The smallest absolute Gasteiger partial charge is 0.329 e. The summed E-state index contributed by atoms with van der Waals surface area (Å²) >= 11 is 5.42. The van der Waals surface area contributed by atoms with E-state index in [2.05, 4.69) is 31.9 Å². The maximum absolute atomic E-state index is 12.9. The summed E-state index contributed by atoms with van der Waals surface area (Å²) in [6.07, 6.45) is -0.113. The molecule has 0 spiro atoms. The minimum atomic E-state index is -3.30. The second-order valence-corrected chi connectivity index (χ2v) is 5.49. The molecule has 0 aliphatic heterocycles. The van der Waals surface area contributed by atoms with Crippen LogP contribution in [-0.2, 0) is 6.42 Å². The fourth-order valence-electron chi connectivity index (χ4n) is 1.10. The van der Waals surface area contributed by atoms with Gasteiger partial charge in [-0.1, -0.05) is 28.1 Å². The van der Waals surface area contributed by atoms with Gasteiger partial charge in [-0.15, -0.1) is 0 Å². The molecule has 0 radical (unpaired) electrons. The molecule has 1 atom stereocenters. The lowest BCUT2D eigenvalue weighted by Gasteiger charge is -2.28. The Morgan fingerprint density at radius 1 is 1.27 bits per heavy atom. The largest absolute Gasteiger partial charge is 0.383 e. The Bertz CT molecular complexity index is 330. The van der Waals surface area contributed by atoms with Gasteiger partial charge < -0.3 is 5.11 Å². The van der Waals surface area contributed by atoms with Gasteiger partial charge in [-0.25, -0.2) is 0 Å². The maximum atomic E-state index is 12.9. The monoisotopic (exact) mass is 342 g/mol. The predicted octanol–water partition coefficient (Wildman–Crippen LogP) is 3.73. The first-order valence-electron chi connectivity index (χ1n) is 4.26. The first-order valence-corrected chi connectivity index (χ1v) is 5.84. The number of aliphatic hydroxyl groups is 1. The van der Waals surface area contributed by atoms with Crippen molar-refractivity contribution >= 4 is 31.9 Å². The van der Waals surface area contributed by atoms with E-state index in [-0.39, 0.29) is 6.42 Å². The van der Waals surface area contributed by atoms with Crippen molar-refractivity contribution in [1.82, 2.24) is 0 Å². The summed E-state index contributed by atoms with van der Waals surface area (Å²) in [5.41, 5.74) is -1.44. The molecule has 1 N–H and O–H groups in total. The topological polar surface area (TPSA) is 20.2 Å². The molecule has 0 aromatic heterocycles. The third kappa shape index (κ3) is 3.50. The van der Waals surface area contributed by atoms with Crippen molar-refractivity contribution in [3.8, 4) is 0 Å². The van der Waals surface area contributed by atoms with Crippen molar-refractivity contribution in [1.29, 1.82) is 0 Å². The Morgan fingerprint density at radius 3 is 2.13 bits per heavy atom. The molecule has 15 heavy (non-hydrogen) atoms. The maximum Gasteiger partial charge on any atom is 0.329 e. The summed E-state index contributed by atoms with van der Waals surface area (Å²) in [6, 6.07) is 6.88. The van der Waals surface area contributed by atoms with Crippen molar-refractivity contribution in [3.63, 3.8) is 0 Å². The molecule has 0 aliphatic rings. The Morgan fingerprint density at radius 2 is 1.73 bits per heavy atom. The molecule has 0 bridgehead atoms. The van der Waals surface area contributed by atoms with Gasteiger partial charge in [-0.2, -0.15) is 8.78 Å². The van der Waals surface area contributed by atoms with Gasteiger partial charge in [0.15, 0.2) is 0 Å². The molecule has 5 heteroatoms. The van der Waals surface area contributed by atoms with Crippen LogP contribution in [0, 0.1) is 0 Å². The van der Waals surface area contributed by atoms with E-state index in [1.165, 1.54) is 0 Å². The summed E-state index contributed by atoms with van der Waals surface area (Å²) in [7, 11) is 0. The molecule has 0 amide bonds. The first-order chi connectivity index (χ1) is 6.72. The summed E-state index contributed by atoms with van der Waals surface area (Å²) in [6.45, 7) is 1.10. The highest BCUT2D eigenvalue weighted by Crippen LogP contribution is 2.36. The Labute approximate surface area is 104 Å². The van der Waals surface area contributed by atoms with Crippen LogP contribution in [0.15, 0.2) is 28.7 Å². The van der Waals surface area contributed by atoms with E-state index < -0.39 is 10.4 Å². The van der Waals surface area contributed by atoms with Gasteiger partial charge in [0.05, 0.1) is 0 Å². The third-order valence-electron chi connectivity index (χ3n) is 2.07. The van der Waals surface area contributed by atoms with E-state index in [1.54, 1.807) is 24.3 Å². The van der Waals surface area contributed by atoms with E-state index in [0.29, 0.717) is 5.56 Å². The molecule has 0 saturated heterocycles. The molecular weight excluding hydrogens is 334 g/mol. The van der Waals surface area contributed by atoms with Gasteiger partial charge in [0, 0.05) is 10.9 Å². The zero-order chi connectivity index (χ0) is 11.7. The molecular formula is C10H10Br2F2O. The number of hydrogen-bond donors (Lipinski definition) is 1. The van der Waals surface area contributed by atoms with Crippen LogP contribution in [0.4, 0.5) is 8.78 Å². The van der Waals surface area contributed by atoms with Gasteiger partial charge >= 0.3 is 4.83 Å². The lowest BCUT2D eigenvalue weighted by Crippen LogP contribution is -2.42. The highest BCUT2D eigenvalue weighted by Gasteiger charge is 2.46. The molecule has 1 nitrogen and oxygen atoms in total. The average Bonchev–Trinajstić information content (AvgIpc) is 2.06. The zero-order valence-electron chi connectivity index (χ0n) is 7.98. The highest BCUT2D eigenvalue weighted by molar-refractivity contribution is 9.10. The normalized spacial score (nSPS) is 16.1. The van der Waals surface area contributed by atoms with Gasteiger partial charge in [-0.3, -0.25) is 0 Å². The lowest BCUT2D eigenvalue weighted by molar-refractivity contribution is -0.102. The molecule has 0 fully saturated rings. The van der Waals surface area contributed by atoms with Gasteiger partial charge in [-0.05, 0) is 40.5 Å². The van der Waals surface area contributed by atoms with E-state index in [4.69, 9.17) is 0 Å². The molecule has 1 rings (SSSR count). The van der Waals surface area contributed by atoms with Crippen molar-refractivity contribution in [2.24, 2.45) is 0 Å². The summed E-state index contributed by atoms with van der Waals surface area (Å²) in [5, 5.41) is 9.57. The number of alkyl halides is 3. The van der Waals surface area contributed by atoms with Crippen LogP contribution in [0.5, 0.6) is 0 Å². The standard InChI is InChI=1S/C10H10Br2F2O/c1-9(15,10(12,13)14)6-7-2-4-8(11)5-3-7/h2-5,15H,6H2,1H3. The predicted molar refractivity (Wildman–Crippen MR) is 62.3 cm³/mol. The number of rotatable bonds is 3. The quantitative estimate of drug-likeness (QED) is 0.829. The fourth-order valence-corrected chi connectivity index (χ4v) is 1.50. The number of benzene rings is 1. The Balaban J connectivity index is 2.82. The second kappa shape index (κ2) is 4.47. The summed E-state index contributed by atoms with van der Waals surface area (Å²) < 4.78 is 26.7. The van der Waals surface area contributed by atoms with Crippen LogP contribution in [-0.4, -0.2) is 15.5 Å². The molecule has 0 aliphatic carbocycles. The van der Waals surface area contributed by atoms with E-state index in [9.17, 15) is 13.9 Å². The fraction of sp³-hybridized carbons (Fsp3) is 0.400. The highest BCUT2D eigenvalue weighted by atomic mass is 79.9. The van der Waals surface area contributed by atoms with Crippen LogP contribution in [0.25, 0.3) is 0 Å². The van der Waals surface area contributed by atoms with Crippen LogP contribution in [0.3, 0.4) is 0 Å². The Kier molecular flexibility index (Phi) is 3.90. The lowest BCUT2D eigenvalue weighted by atomic mass is 9.97. The third-order valence-corrected chi connectivity index (χ3v) is 3.46. The average molecular weight is 344 g/mol. The zero-order valence-corrected chi connectivity index (χ0v) is 11.1. The van der Waals surface area contributed by atoms with Gasteiger partial charge in [0.1, 0.15) is 5.60 Å². The van der Waals surface area contributed by atoms with Crippen molar-refractivity contribution in [2.75, 3.05) is 0 Å². The molecule has 1 aromatic rings. The van der Waals surface area contributed by atoms with Crippen LogP contribution < -0.4 is 0 Å². The minimum Gasteiger partial charge on any atom is -0.383 e. The van der Waals surface area contributed by atoms with E-state index >= 15 is 0 Å². The molecule has 84 valence electrons. The molecule has 1 aromatic carbocycles. The molecule has 0 saturated carbocycles. The van der Waals surface area contributed by atoms with Crippen molar-refractivity contribution < 1.29 is 13.9 Å². The van der Waals surface area contributed by atoms with Crippen molar-refractivity contribution in [3.05, 3.63) is 34.3 Å². The summed E-state index contributed by atoms with van der Waals surface area (Å²) in [5.74, 6) is 0. The Hall–Kier alpha value is -0.000000000000000111. The van der Waals surface area contributed by atoms with E-state index in [0.717, 1.165) is 11.4 Å². The number of halogens is 4. The van der Waals surface area contributed by atoms with Gasteiger partial charge in [0.25, 0.3) is 0 Å². The molecule has 0 heterocycles. The van der Waals surface area contributed by atoms with Crippen molar-refractivity contribution in [2.45, 2.75) is 23.8 Å². The summed E-state index contributed by atoms with van der Waals surface area (Å²) in [4.78, 5) is -3.30. The van der Waals surface area contributed by atoms with Gasteiger partial charge in [0.2, 0.25) is 0 Å². The second-order valence-electron chi connectivity index (χ2n) is 3.57. The van der Waals surface area contributed by atoms with Crippen LogP contribution in [0.1, 0.15) is 12.5 Å².